The zero-order chi connectivity index (χ0) is 15.7. The molecule has 1 aliphatic carbocycles. The molecule has 0 aliphatic heterocycles. The molecule has 4 nitrogen and oxygen atoms in total. The minimum Gasteiger partial charge on any atom is -0.308 e. The molecule has 1 fully saturated rings. The van der Waals surface area contributed by atoms with Gasteiger partial charge in [0.1, 0.15) is 0 Å². The Labute approximate surface area is 123 Å². The van der Waals surface area contributed by atoms with Gasteiger partial charge in [0, 0.05) is 12.6 Å². The van der Waals surface area contributed by atoms with Crippen molar-refractivity contribution in [1.82, 2.24) is 20.3 Å². The standard InChI is InChI=1S/C14H23F3N4/c1-13(2,3)21-9-12(19-20-21)8-18-11-6-4-5-10(7-11)14(15,16)17/h9-11,18H,4-8H2,1-3H3. The molecule has 0 bridgehead atoms. The Morgan fingerprint density at radius 2 is 2.00 bits per heavy atom. The number of halogens is 3. The summed E-state index contributed by atoms with van der Waals surface area (Å²) in [4.78, 5) is 0. The van der Waals surface area contributed by atoms with Crippen molar-refractivity contribution >= 4 is 0 Å². The molecule has 0 spiro atoms. The molecule has 0 saturated heterocycles. The highest BCUT2D eigenvalue weighted by Crippen LogP contribution is 2.37. The Hall–Kier alpha value is -1.11. The van der Waals surface area contributed by atoms with Crippen LogP contribution in [-0.2, 0) is 12.1 Å². The third-order valence-corrected chi connectivity index (χ3v) is 3.94. The van der Waals surface area contributed by atoms with E-state index in [1.165, 1.54) is 0 Å². The van der Waals surface area contributed by atoms with Gasteiger partial charge in [-0.05, 0) is 40.0 Å². The first kappa shape index (κ1) is 16.3. The van der Waals surface area contributed by atoms with Crippen LogP contribution in [0, 0.1) is 5.92 Å². The molecule has 0 amide bonds. The molecule has 120 valence electrons. The third-order valence-electron chi connectivity index (χ3n) is 3.94. The fraction of sp³-hybridized carbons (Fsp3) is 0.857. The number of nitrogens with zero attached hydrogens (tertiary/aromatic N) is 3. The first-order chi connectivity index (χ1) is 9.66. The summed E-state index contributed by atoms with van der Waals surface area (Å²) in [7, 11) is 0. The van der Waals surface area contributed by atoms with Crippen molar-refractivity contribution in [2.45, 2.75) is 70.8 Å². The van der Waals surface area contributed by atoms with Crippen LogP contribution in [0.3, 0.4) is 0 Å². The topological polar surface area (TPSA) is 42.7 Å². The average molecular weight is 304 g/mol. The van der Waals surface area contributed by atoms with Gasteiger partial charge >= 0.3 is 6.18 Å². The molecular formula is C14H23F3N4. The lowest BCUT2D eigenvalue weighted by Crippen LogP contribution is -2.38. The maximum absolute atomic E-state index is 12.8. The van der Waals surface area contributed by atoms with Crippen molar-refractivity contribution in [2.75, 3.05) is 0 Å². The van der Waals surface area contributed by atoms with Crippen molar-refractivity contribution in [3.63, 3.8) is 0 Å². The number of aromatic nitrogens is 3. The van der Waals surface area contributed by atoms with Gasteiger partial charge in [0.15, 0.2) is 0 Å². The summed E-state index contributed by atoms with van der Waals surface area (Å²) in [5.74, 6) is -1.17. The molecule has 1 N–H and O–H groups in total. The van der Waals surface area contributed by atoms with E-state index in [0.717, 1.165) is 12.1 Å². The molecule has 2 atom stereocenters. The van der Waals surface area contributed by atoms with Gasteiger partial charge in [-0.25, -0.2) is 4.68 Å². The number of hydrogen-bond donors (Lipinski definition) is 1. The van der Waals surface area contributed by atoms with Crippen LogP contribution >= 0.6 is 0 Å². The highest BCUT2D eigenvalue weighted by atomic mass is 19.4. The molecule has 1 aliphatic rings. The first-order valence-corrected chi connectivity index (χ1v) is 7.38. The second-order valence-electron chi connectivity index (χ2n) is 6.81. The molecule has 0 aromatic carbocycles. The molecule has 7 heteroatoms. The van der Waals surface area contributed by atoms with Crippen LogP contribution in [0.5, 0.6) is 0 Å². The van der Waals surface area contributed by atoms with E-state index in [1.54, 1.807) is 4.68 Å². The van der Waals surface area contributed by atoms with Crippen molar-refractivity contribution in [3.05, 3.63) is 11.9 Å². The van der Waals surface area contributed by atoms with Crippen molar-refractivity contribution < 1.29 is 13.2 Å². The minimum atomic E-state index is -4.07. The van der Waals surface area contributed by atoms with Crippen LogP contribution < -0.4 is 5.32 Å². The van der Waals surface area contributed by atoms with E-state index in [2.05, 4.69) is 15.6 Å². The summed E-state index contributed by atoms with van der Waals surface area (Å²) in [5, 5.41) is 11.3. The lowest BCUT2D eigenvalue weighted by molar-refractivity contribution is -0.183. The first-order valence-electron chi connectivity index (χ1n) is 7.38. The van der Waals surface area contributed by atoms with Crippen LogP contribution in [-0.4, -0.2) is 27.2 Å². The zero-order valence-corrected chi connectivity index (χ0v) is 12.7. The Kier molecular flexibility index (Phi) is 4.60. The molecule has 21 heavy (non-hydrogen) atoms. The van der Waals surface area contributed by atoms with E-state index in [4.69, 9.17) is 0 Å². The van der Waals surface area contributed by atoms with Crippen LogP contribution in [0.4, 0.5) is 13.2 Å². The van der Waals surface area contributed by atoms with E-state index >= 15 is 0 Å². The molecule has 2 rings (SSSR count). The minimum absolute atomic E-state index is 0.0924. The second kappa shape index (κ2) is 5.94. The van der Waals surface area contributed by atoms with Gasteiger partial charge in [-0.3, -0.25) is 0 Å². The van der Waals surface area contributed by atoms with E-state index in [9.17, 15) is 13.2 Å². The predicted octanol–water partition coefficient (Wildman–Crippen LogP) is 3.24. The third kappa shape index (κ3) is 4.43. The summed E-state index contributed by atoms with van der Waals surface area (Å²) in [6.07, 6.45) is -0.401. The number of hydrogen-bond acceptors (Lipinski definition) is 3. The highest BCUT2D eigenvalue weighted by molar-refractivity contribution is 4.95. The van der Waals surface area contributed by atoms with Gasteiger partial charge in [0.2, 0.25) is 0 Å². The second-order valence-corrected chi connectivity index (χ2v) is 6.81. The lowest BCUT2D eigenvalue weighted by atomic mass is 9.85. The number of alkyl halides is 3. The quantitative estimate of drug-likeness (QED) is 0.932. The monoisotopic (exact) mass is 304 g/mol. The van der Waals surface area contributed by atoms with Crippen LogP contribution in [0.15, 0.2) is 6.20 Å². The Balaban J connectivity index is 1.87. The van der Waals surface area contributed by atoms with Crippen LogP contribution in [0.25, 0.3) is 0 Å². The van der Waals surface area contributed by atoms with Gasteiger partial charge in [0.25, 0.3) is 0 Å². The van der Waals surface area contributed by atoms with Crippen LogP contribution in [0.2, 0.25) is 0 Å². The summed E-state index contributed by atoms with van der Waals surface area (Å²) in [5.41, 5.74) is 0.622. The van der Waals surface area contributed by atoms with E-state index in [-0.39, 0.29) is 24.4 Å². The molecular weight excluding hydrogens is 281 g/mol. The van der Waals surface area contributed by atoms with Crippen LogP contribution in [0.1, 0.15) is 52.1 Å². The fourth-order valence-electron chi connectivity index (χ4n) is 2.63. The van der Waals surface area contributed by atoms with Gasteiger partial charge in [-0.1, -0.05) is 11.6 Å². The van der Waals surface area contributed by atoms with Gasteiger partial charge in [-0.2, -0.15) is 13.2 Å². The largest absolute Gasteiger partial charge is 0.391 e. The molecule has 0 radical (unpaired) electrons. The summed E-state index contributed by atoms with van der Waals surface area (Å²) >= 11 is 0. The lowest BCUT2D eigenvalue weighted by Gasteiger charge is -2.30. The average Bonchev–Trinajstić information content (AvgIpc) is 2.84. The van der Waals surface area contributed by atoms with E-state index < -0.39 is 12.1 Å². The van der Waals surface area contributed by atoms with E-state index in [0.29, 0.717) is 13.0 Å². The maximum atomic E-state index is 12.8. The Morgan fingerprint density at radius 1 is 1.29 bits per heavy atom. The van der Waals surface area contributed by atoms with E-state index in [1.807, 2.05) is 27.0 Å². The molecule has 1 aromatic heterocycles. The highest BCUT2D eigenvalue weighted by Gasteiger charge is 2.42. The molecule has 1 heterocycles. The normalized spacial score (nSPS) is 24.3. The van der Waals surface area contributed by atoms with Gasteiger partial charge in [0.05, 0.1) is 23.3 Å². The fourth-order valence-corrected chi connectivity index (χ4v) is 2.63. The van der Waals surface area contributed by atoms with Crippen molar-refractivity contribution in [3.8, 4) is 0 Å². The Morgan fingerprint density at radius 3 is 2.57 bits per heavy atom. The summed E-state index contributed by atoms with van der Waals surface area (Å²) in [6.45, 7) is 6.53. The SMILES string of the molecule is CC(C)(C)n1cc(CNC2CCCC(C(F)(F)F)C2)nn1. The molecule has 1 saturated carbocycles. The Bertz CT molecular complexity index is 462. The molecule has 1 aromatic rings. The van der Waals surface area contributed by atoms with Crippen molar-refractivity contribution in [1.29, 1.82) is 0 Å². The molecule has 2 unspecified atom stereocenters. The number of nitrogens with one attached hydrogen (secondary N) is 1. The maximum Gasteiger partial charge on any atom is 0.391 e. The smallest absolute Gasteiger partial charge is 0.308 e. The van der Waals surface area contributed by atoms with Gasteiger partial charge in [-0.15, -0.1) is 5.10 Å². The summed E-state index contributed by atoms with van der Waals surface area (Å²) in [6, 6.07) is -0.0924. The zero-order valence-electron chi connectivity index (χ0n) is 12.7. The van der Waals surface area contributed by atoms with Crippen molar-refractivity contribution in [2.24, 2.45) is 5.92 Å². The number of rotatable bonds is 3. The summed E-state index contributed by atoms with van der Waals surface area (Å²) < 4.78 is 40.0. The predicted molar refractivity (Wildman–Crippen MR) is 73.7 cm³/mol. The van der Waals surface area contributed by atoms with Gasteiger partial charge < -0.3 is 5.32 Å².